The van der Waals surface area contributed by atoms with Crippen LogP contribution in [-0.4, -0.2) is 59.8 Å². The molecular formula is C24H34N2O. The summed E-state index contributed by atoms with van der Waals surface area (Å²) in [6.45, 7) is 9.34. The van der Waals surface area contributed by atoms with Crippen LogP contribution >= 0.6 is 0 Å². The lowest BCUT2D eigenvalue weighted by atomic mass is 9.74. The normalized spacial score (nSPS) is 29.3. The first kappa shape index (κ1) is 19.0. The molecular weight excluding hydrogens is 332 g/mol. The summed E-state index contributed by atoms with van der Waals surface area (Å²) < 4.78 is 0. The van der Waals surface area contributed by atoms with E-state index in [-0.39, 0.29) is 12.6 Å². The summed E-state index contributed by atoms with van der Waals surface area (Å²) in [5, 5.41) is 10.1. The minimum atomic E-state index is 0.263. The molecule has 1 aromatic rings. The highest BCUT2D eigenvalue weighted by Gasteiger charge is 2.49. The zero-order valence-electron chi connectivity index (χ0n) is 16.9. The van der Waals surface area contributed by atoms with Crippen molar-refractivity contribution in [3.63, 3.8) is 0 Å². The number of rotatable bonds is 4. The average Bonchev–Trinajstić information content (AvgIpc) is 3.45. The van der Waals surface area contributed by atoms with Crippen LogP contribution in [0.2, 0.25) is 0 Å². The Balaban J connectivity index is 1.50. The number of aliphatic hydroxyl groups is 1. The molecule has 3 atom stereocenters. The van der Waals surface area contributed by atoms with Gasteiger partial charge in [-0.1, -0.05) is 37.8 Å². The van der Waals surface area contributed by atoms with Gasteiger partial charge in [-0.3, -0.25) is 4.90 Å². The van der Waals surface area contributed by atoms with Crippen molar-refractivity contribution in [1.82, 2.24) is 9.80 Å². The van der Waals surface area contributed by atoms with Gasteiger partial charge >= 0.3 is 0 Å². The van der Waals surface area contributed by atoms with Gasteiger partial charge in [-0.05, 0) is 62.4 Å². The molecule has 4 rings (SSSR count). The molecule has 0 aromatic heterocycles. The average molecular weight is 367 g/mol. The highest BCUT2D eigenvalue weighted by molar-refractivity contribution is 5.39. The topological polar surface area (TPSA) is 26.7 Å². The second-order valence-corrected chi connectivity index (χ2v) is 9.04. The van der Waals surface area contributed by atoms with Gasteiger partial charge in [0.15, 0.2) is 0 Å². The van der Waals surface area contributed by atoms with Gasteiger partial charge in [0.25, 0.3) is 0 Å². The molecule has 1 aromatic carbocycles. The maximum atomic E-state index is 10.1. The third-order valence-corrected chi connectivity index (χ3v) is 6.47. The van der Waals surface area contributed by atoms with Crippen LogP contribution < -0.4 is 0 Å². The predicted molar refractivity (Wildman–Crippen MR) is 111 cm³/mol. The second-order valence-electron chi connectivity index (χ2n) is 9.04. The first-order valence-corrected chi connectivity index (χ1v) is 10.9. The Bertz CT molecular complexity index is 683. The third kappa shape index (κ3) is 4.40. The molecule has 1 aliphatic carbocycles. The lowest BCUT2D eigenvalue weighted by Crippen LogP contribution is -2.67. The van der Waals surface area contributed by atoms with Gasteiger partial charge in [0, 0.05) is 42.6 Å². The van der Waals surface area contributed by atoms with E-state index in [1.807, 2.05) is 0 Å². The summed E-state index contributed by atoms with van der Waals surface area (Å²) in [6, 6.07) is 9.65. The van der Waals surface area contributed by atoms with Gasteiger partial charge in [0.2, 0.25) is 0 Å². The summed E-state index contributed by atoms with van der Waals surface area (Å²) in [4.78, 5) is 5.29. The molecule has 1 N–H and O–H groups in total. The number of aliphatic hydroxyl groups excluding tert-OH is 1. The van der Waals surface area contributed by atoms with Gasteiger partial charge < -0.3 is 10.0 Å². The zero-order chi connectivity index (χ0) is 18.8. The maximum Gasteiger partial charge on any atom is 0.0593 e. The summed E-state index contributed by atoms with van der Waals surface area (Å²) in [7, 11) is 0. The molecule has 2 saturated heterocycles. The monoisotopic (exact) mass is 366 g/mol. The van der Waals surface area contributed by atoms with Crippen LogP contribution in [0.3, 0.4) is 0 Å². The molecule has 2 aliphatic heterocycles. The van der Waals surface area contributed by atoms with Crippen LogP contribution in [0, 0.1) is 23.7 Å². The Morgan fingerprint density at radius 1 is 1.11 bits per heavy atom. The zero-order valence-corrected chi connectivity index (χ0v) is 16.9. The van der Waals surface area contributed by atoms with E-state index in [9.17, 15) is 5.11 Å². The Kier molecular flexibility index (Phi) is 5.88. The van der Waals surface area contributed by atoms with Crippen LogP contribution in [-0.2, 0) is 0 Å². The molecule has 0 radical (unpaired) electrons. The number of fused-ring (bicyclic) bond motifs is 1. The van der Waals surface area contributed by atoms with E-state index in [0.717, 1.165) is 24.6 Å². The molecule has 3 heteroatoms. The predicted octanol–water partition coefficient (Wildman–Crippen LogP) is 3.33. The molecule has 0 spiro atoms. The van der Waals surface area contributed by atoms with Crippen LogP contribution in [0.15, 0.2) is 24.3 Å². The van der Waals surface area contributed by atoms with Crippen molar-refractivity contribution < 1.29 is 5.11 Å². The lowest BCUT2D eigenvalue weighted by molar-refractivity contribution is -0.0649. The second kappa shape index (κ2) is 8.35. The molecule has 27 heavy (non-hydrogen) atoms. The van der Waals surface area contributed by atoms with Crippen LogP contribution in [0.5, 0.6) is 0 Å². The smallest absolute Gasteiger partial charge is 0.0593 e. The van der Waals surface area contributed by atoms with Crippen molar-refractivity contribution in [2.45, 2.75) is 57.5 Å². The summed E-state index contributed by atoms with van der Waals surface area (Å²) >= 11 is 0. The Morgan fingerprint density at radius 2 is 1.85 bits per heavy atom. The van der Waals surface area contributed by atoms with E-state index >= 15 is 0 Å². The van der Waals surface area contributed by atoms with E-state index in [1.165, 1.54) is 44.3 Å². The number of benzene rings is 1. The van der Waals surface area contributed by atoms with Gasteiger partial charge in [-0.25, -0.2) is 0 Å². The third-order valence-electron chi connectivity index (χ3n) is 6.47. The van der Waals surface area contributed by atoms with E-state index in [4.69, 9.17) is 0 Å². The number of hydrogen-bond acceptors (Lipinski definition) is 3. The number of hydrogen-bond donors (Lipinski definition) is 1. The Hall–Kier alpha value is -1.34. The van der Waals surface area contributed by atoms with Crippen molar-refractivity contribution in [3.05, 3.63) is 35.4 Å². The molecule has 0 unspecified atom stereocenters. The summed E-state index contributed by atoms with van der Waals surface area (Å²) in [5.41, 5.74) is 2.47. The molecule has 146 valence electrons. The van der Waals surface area contributed by atoms with Gasteiger partial charge in [-0.15, -0.1) is 0 Å². The first-order valence-electron chi connectivity index (χ1n) is 10.9. The summed E-state index contributed by atoms with van der Waals surface area (Å²) in [5.74, 6) is 8.30. The first-order chi connectivity index (χ1) is 13.2. The molecule has 3 fully saturated rings. The van der Waals surface area contributed by atoms with E-state index in [0.29, 0.717) is 17.9 Å². The Morgan fingerprint density at radius 3 is 2.52 bits per heavy atom. The van der Waals surface area contributed by atoms with Crippen molar-refractivity contribution in [2.75, 3.05) is 32.8 Å². The van der Waals surface area contributed by atoms with Crippen molar-refractivity contribution in [2.24, 2.45) is 11.8 Å². The Labute approximate surface area is 164 Å². The lowest BCUT2D eigenvalue weighted by Gasteiger charge is -2.57. The van der Waals surface area contributed by atoms with E-state index in [2.05, 4.69) is 59.8 Å². The highest BCUT2D eigenvalue weighted by atomic mass is 16.3. The molecule has 0 amide bonds. The minimum absolute atomic E-state index is 0.263. The van der Waals surface area contributed by atoms with Crippen LogP contribution in [0.4, 0.5) is 0 Å². The molecule has 3 nitrogen and oxygen atoms in total. The molecule has 1 saturated carbocycles. The van der Waals surface area contributed by atoms with Crippen LogP contribution in [0.1, 0.15) is 56.6 Å². The fourth-order valence-corrected chi connectivity index (χ4v) is 4.86. The fraction of sp³-hybridized carbons (Fsp3) is 0.667. The fourth-order valence-electron chi connectivity index (χ4n) is 4.86. The standard InChI is InChI=1S/C24H34N2O/c1-18(2)5-6-19-9-11-21(12-10-19)24-22-16-25(15-20-7-8-20)13-3-4-14-26(22)23(24)17-27/h9-12,18,20,22-24,27H,3-4,7-8,13-17H2,1-2H3/t22-,23-,24+/m1/s1. The SMILES string of the molecule is CC(C)C#Cc1ccc([C@@H]2[C@@H](CO)N3CCCCN(CC4CC4)C[C@H]23)cc1. The van der Waals surface area contributed by atoms with Crippen LogP contribution in [0.25, 0.3) is 0 Å². The van der Waals surface area contributed by atoms with Crippen molar-refractivity contribution in [1.29, 1.82) is 0 Å². The minimum Gasteiger partial charge on any atom is -0.395 e. The van der Waals surface area contributed by atoms with E-state index < -0.39 is 0 Å². The van der Waals surface area contributed by atoms with Gasteiger partial charge in [0.05, 0.1) is 6.61 Å². The molecule has 2 heterocycles. The van der Waals surface area contributed by atoms with E-state index in [1.54, 1.807) is 0 Å². The summed E-state index contributed by atoms with van der Waals surface area (Å²) in [6.07, 6.45) is 5.39. The maximum absolute atomic E-state index is 10.1. The highest BCUT2D eigenvalue weighted by Crippen LogP contribution is 2.42. The van der Waals surface area contributed by atoms with Gasteiger partial charge in [-0.2, -0.15) is 0 Å². The molecule has 0 bridgehead atoms. The quantitative estimate of drug-likeness (QED) is 0.828. The number of nitrogens with zero attached hydrogens (tertiary/aromatic N) is 2. The largest absolute Gasteiger partial charge is 0.395 e. The van der Waals surface area contributed by atoms with Gasteiger partial charge in [0.1, 0.15) is 0 Å². The molecule has 3 aliphatic rings. The van der Waals surface area contributed by atoms with Crippen molar-refractivity contribution in [3.8, 4) is 11.8 Å². The van der Waals surface area contributed by atoms with Crippen molar-refractivity contribution >= 4 is 0 Å².